The molecule has 2 amide bonds. The normalized spacial score (nSPS) is 28.5. The molecule has 11 heteroatoms. The van der Waals surface area contributed by atoms with E-state index in [1.165, 1.54) is 18.2 Å². The number of amides is 2. The fourth-order valence-corrected chi connectivity index (χ4v) is 9.51. The fourth-order valence-electron chi connectivity index (χ4n) is 7.65. The van der Waals surface area contributed by atoms with Gasteiger partial charge in [-0.1, -0.05) is 50.8 Å². The lowest BCUT2D eigenvalue weighted by atomic mass is 9.70. The summed E-state index contributed by atoms with van der Waals surface area (Å²) in [4.78, 5) is 28.8. The number of rotatable bonds is 6. The molecule has 2 bridgehead atoms. The van der Waals surface area contributed by atoms with Gasteiger partial charge in [0.05, 0.1) is 37.2 Å². The number of carbonyl (C=O) groups excluding carboxylic acids is 2. The van der Waals surface area contributed by atoms with Crippen LogP contribution in [0, 0.1) is 11.8 Å². The van der Waals surface area contributed by atoms with Gasteiger partial charge in [-0.25, -0.2) is 4.21 Å². The van der Waals surface area contributed by atoms with Crippen LogP contribution in [-0.4, -0.2) is 68.4 Å². The van der Waals surface area contributed by atoms with E-state index in [-0.39, 0.29) is 36.2 Å². The van der Waals surface area contributed by atoms with Gasteiger partial charge in [0.15, 0.2) is 0 Å². The van der Waals surface area contributed by atoms with E-state index in [0.29, 0.717) is 30.3 Å². The zero-order valence-corrected chi connectivity index (χ0v) is 29.8. The number of anilines is 1. The summed E-state index contributed by atoms with van der Waals surface area (Å²) in [6, 6.07) is 11.6. The molecular formula is C36H50ClN3O6S. The summed E-state index contributed by atoms with van der Waals surface area (Å²) in [5, 5.41) is 0.743. The molecule has 1 aliphatic carbocycles. The van der Waals surface area contributed by atoms with Gasteiger partial charge in [-0.2, -0.15) is 0 Å². The monoisotopic (exact) mass is 687 g/mol. The molecule has 3 aliphatic rings. The first-order valence-electron chi connectivity index (χ1n) is 17.0. The Balaban J connectivity index is 1.59. The Bertz CT molecular complexity index is 1560. The molecule has 9 nitrogen and oxygen atoms in total. The molecule has 258 valence electrons. The highest BCUT2D eigenvalue weighted by molar-refractivity contribution is 7.92. The Kier molecular flexibility index (Phi) is 11.9. The van der Waals surface area contributed by atoms with Crippen LogP contribution in [0.25, 0.3) is 0 Å². The topological polar surface area (TPSA) is 107 Å². The molecule has 5 rings (SSSR count). The van der Waals surface area contributed by atoms with Crippen molar-refractivity contribution in [2.75, 3.05) is 51.2 Å². The van der Waals surface area contributed by atoms with Gasteiger partial charge >= 0.3 is 0 Å². The Morgan fingerprint density at radius 2 is 2.00 bits per heavy atom. The summed E-state index contributed by atoms with van der Waals surface area (Å²) >= 11 is 6.44. The first-order chi connectivity index (χ1) is 22.6. The van der Waals surface area contributed by atoms with Crippen molar-refractivity contribution >= 4 is 39.0 Å². The van der Waals surface area contributed by atoms with Gasteiger partial charge < -0.3 is 19.1 Å². The van der Waals surface area contributed by atoms with Crippen LogP contribution in [0.2, 0.25) is 5.02 Å². The second-order valence-corrected chi connectivity index (χ2v) is 16.0. The van der Waals surface area contributed by atoms with Gasteiger partial charge in [-0.05, 0) is 85.4 Å². The van der Waals surface area contributed by atoms with Gasteiger partial charge in [0.25, 0.3) is 5.91 Å². The molecule has 0 saturated carbocycles. The van der Waals surface area contributed by atoms with Crippen molar-refractivity contribution < 1.29 is 28.0 Å². The third-order valence-corrected chi connectivity index (χ3v) is 12.4. The molecule has 0 saturated heterocycles. The Hall–Kier alpha value is -2.66. The molecule has 1 N–H and O–H groups in total. The number of fused-ring (bicyclic) bond motifs is 3. The SMILES string of the molecule is CC[C@H]1CN2C[C@@]3(CCCc4cc(Cl)ccc43)COc3ccc(cc32)C(=O)N=S(=O)(NC(=O)CCOC)CCCCC[C@H](OC)[C@@H]1C. The summed E-state index contributed by atoms with van der Waals surface area (Å²) in [7, 11) is -0.0640. The fraction of sp³-hybridized carbons (Fsp3) is 0.611. The molecule has 5 atom stereocenters. The first kappa shape index (κ1) is 35.6. The number of halogens is 1. The molecular weight excluding hydrogens is 638 g/mol. The second-order valence-electron chi connectivity index (χ2n) is 13.4. The van der Waals surface area contributed by atoms with Crippen molar-refractivity contribution in [3.8, 4) is 5.75 Å². The molecule has 1 unspecified atom stereocenters. The number of nitrogens with one attached hydrogen (secondary N) is 1. The summed E-state index contributed by atoms with van der Waals surface area (Å²) < 4.78 is 38.5. The lowest BCUT2D eigenvalue weighted by Gasteiger charge is -2.42. The van der Waals surface area contributed by atoms with Gasteiger partial charge in [0, 0.05) is 43.3 Å². The van der Waals surface area contributed by atoms with Gasteiger partial charge in [-0.15, -0.1) is 4.36 Å². The number of hydrogen-bond acceptors (Lipinski definition) is 7. The average molecular weight is 688 g/mol. The highest BCUT2D eigenvalue weighted by Crippen LogP contribution is 2.45. The minimum atomic E-state index is -3.36. The molecule has 0 aromatic heterocycles. The van der Waals surface area contributed by atoms with Crippen molar-refractivity contribution in [1.29, 1.82) is 0 Å². The Labute approximate surface area is 285 Å². The highest BCUT2D eigenvalue weighted by Gasteiger charge is 2.42. The van der Waals surface area contributed by atoms with Gasteiger partial charge in [-0.3, -0.25) is 14.3 Å². The van der Waals surface area contributed by atoms with E-state index < -0.39 is 21.7 Å². The minimum Gasteiger partial charge on any atom is -0.490 e. The second kappa shape index (κ2) is 15.7. The maximum Gasteiger partial charge on any atom is 0.286 e. The number of ether oxygens (including phenoxy) is 3. The van der Waals surface area contributed by atoms with Crippen LogP contribution >= 0.6 is 11.6 Å². The summed E-state index contributed by atoms with van der Waals surface area (Å²) in [6.45, 7) is 6.71. The van der Waals surface area contributed by atoms with Gasteiger partial charge in [0.2, 0.25) is 5.91 Å². The molecule has 2 aliphatic heterocycles. The van der Waals surface area contributed by atoms with Crippen molar-refractivity contribution in [2.24, 2.45) is 16.2 Å². The van der Waals surface area contributed by atoms with Gasteiger partial charge in [0.1, 0.15) is 15.7 Å². The maximum absolute atomic E-state index is 14.0. The van der Waals surface area contributed by atoms with Crippen LogP contribution in [0.1, 0.15) is 86.7 Å². The summed E-state index contributed by atoms with van der Waals surface area (Å²) in [6.07, 6.45) is 7.16. The van der Waals surface area contributed by atoms with Crippen LogP contribution in [0.15, 0.2) is 40.8 Å². The lowest BCUT2D eigenvalue weighted by Crippen LogP contribution is -2.47. The van der Waals surface area contributed by atoms with Crippen molar-refractivity contribution in [1.82, 2.24) is 4.72 Å². The summed E-state index contributed by atoms with van der Waals surface area (Å²) in [5.41, 5.74) is 3.43. The van der Waals surface area contributed by atoms with Crippen LogP contribution in [0.3, 0.4) is 0 Å². The van der Waals surface area contributed by atoms with E-state index in [0.717, 1.165) is 68.7 Å². The number of aryl methyl sites for hydroxylation is 1. The quantitative estimate of drug-likeness (QED) is 0.359. The molecule has 2 aromatic rings. The largest absolute Gasteiger partial charge is 0.490 e. The van der Waals surface area contributed by atoms with Crippen LogP contribution in [0.5, 0.6) is 5.75 Å². The van der Waals surface area contributed by atoms with E-state index in [1.54, 1.807) is 13.2 Å². The maximum atomic E-state index is 14.0. The van der Waals surface area contributed by atoms with E-state index in [1.807, 2.05) is 18.2 Å². The third-order valence-electron chi connectivity index (χ3n) is 10.3. The average Bonchev–Trinajstić information content (AvgIpc) is 3.20. The highest BCUT2D eigenvalue weighted by atomic mass is 35.5. The van der Waals surface area contributed by atoms with E-state index in [2.05, 4.69) is 40.0 Å². The molecule has 47 heavy (non-hydrogen) atoms. The molecule has 2 aromatic carbocycles. The zero-order chi connectivity index (χ0) is 33.6. The van der Waals surface area contributed by atoms with Crippen molar-refractivity contribution in [3.05, 3.63) is 58.1 Å². The third kappa shape index (κ3) is 8.32. The minimum absolute atomic E-state index is 0.0332. The summed E-state index contributed by atoms with van der Waals surface area (Å²) in [5.74, 6) is 0.335. The van der Waals surface area contributed by atoms with Crippen LogP contribution in [0.4, 0.5) is 5.69 Å². The molecule has 2 heterocycles. The number of nitrogens with zero attached hydrogens (tertiary/aromatic N) is 2. The molecule has 0 fully saturated rings. The Morgan fingerprint density at radius 3 is 2.77 bits per heavy atom. The van der Waals surface area contributed by atoms with E-state index in [4.69, 9.17) is 25.8 Å². The Morgan fingerprint density at radius 1 is 1.17 bits per heavy atom. The predicted octanol–water partition coefficient (Wildman–Crippen LogP) is 6.74. The smallest absolute Gasteiger partial charge is 0.286 e. The number of carbonyl (C=O) groups is 2. The molecule has 0 radical (unpaired) electrons. The number of methoxy groups -OCH3 is 2. The lowest BCUT2D eigenvalue weighted by molar-refractivity contribution is -0.120. The van der Waals surface area contributed by atoms with Crippen molar-refractivity contribution in [3.63, 3.8) is 0 Å². The predicted molar refractivity (Wildman–Crippen MR) is 187 cm³/mol. The standard InChI is InChI=1S/C36H50ClN3O6S/c1-5-26-22-40-23-36(17-9-10-27-20-29(37)13-14-30(27)36)24-46-33-15-12-28(21-31(33)40)35(42)39-47(43,38-34(41)16-18-44-3)19-8-6-7-11-32(45-4)25(26)2/h12-15,20-21,25-26,32H,5-11,16-19,22-24H2,1-4H3,(H,38,39,41,42,43)/t25-,26+,32+,36+,47?/m1/s1. The van der Waals surface area contributed by atoms with E-state index >= 15 is 0 Å². The van der Waals surface area contributed by atoms with Crippen LogP contribution in [-0.2, 0) is 36.0 Å². The van der Waals surface area contributed by atoms with E-state index in [9.17, 15) is 13.8 Å². The van der Waals surface area contributed by atoms with Crippen LogP contribution < -0.4 is 14.4 Å². The number of hydrogen-bond donors (Lipinski definition) is 1. The molecule has 1 spiro atoms. The van der Waals surface area contributed by atoms with Crippen molar-refractivity contribution in [2.45, 2.75) is 83.2 Å². The first-order valence-corrected chi connectivity index (χ1v) is 19.1. The zero-order valence-electron chi connectivity index (χ0n) is 28.2. The number of benzene rings is 2.